The number of benzene rings is 2. The van der Waals surface area contributed by atoms with E-state index in [1.807, 2.05) is 0 Å². The molecule has 0 radical (unpaired) electrons. The molecule has 0 saturated heterocycles. The van der Waals surface area contributed by atoms with E-state index in [0.717, 1.165) is 12.1 Å². The van der Waals surface area contributed by atoms with E-state index in [9.17, 15) is 14.7 Å². The van der Waals surface area contributed by atoms with Crippen LogP contribution in [0.4, 0.5) is 5.69 Å². The van der Waals surface area contributed by atoms with Gasteiger partial charge in [0.2, 0.25) is 0 Å². The second-order valence-corrected chi connectivity index (χ2v) is 5.02. The van der Waals surface area contributed by atoms with Gasteiger partial charge in [-0.3, -0.25) is 14.7 Å². The van der Waals surface area contributed by atoms with E-state index in [1.54, 1.807) is 12.1 Å². The fraction of sp³-hybridized carbons (Fsp3) is 0. The molecule has 0 amide bonds. The highest BCUT2D eigenvalue weighted by molar-refractivity contribution is 7.60. The first-order chi connectivity index (χ1) is 7.91. The van der Waals surface area contributed by atoms with Crippen molar-refractivity contribution in [1.29, 1.82) is 0 Å². The maximum absolute atomic E-state index is 11.3. The lowest BCUT2D eigenvalue weighted by atomic mass is 10.1. The Balaban J connectivity index is 2.90. The summed E-state index contributed by atoms with van der Waals surface area (Å²) in [6, 6.07) is 8.28. The van der Waals surface area contributed by atoms with Crippen LogP contribution in [0.25, 0.3) is 10.8 Å². The van der Waals surface area contributed by atoms with Crippen molar-refractivity contribution in [3.05, 3.63) is 46.5 Å². The highest BCUT2D eigenvalue weighted by Gasteiger charge is 2.23. The molecule has 2 N–H and O–H groups in total. The predicted molar refractivity (Wildman–Crippen MR) is 62.3 cm³/mol. The molecule has 2 rings (SSSR count). The molecule has 0 fully saturated rings. The lowest BCUT2D eigenvalue weighted by Crippen LogP contribution is -2.06. The summed E-state index contributed by atoms with van der Waals surface area (Å²) in [5, 5.41) is 11.0. The van der Waals surface area contributed by atoms with Crippen LogP contribution in [-0.4, -0.2) is 14.7 Å². The van der Waals surface area contributed by atoms with Gasteiger partial charge in [0.25, 0.3) is 5.69 Å². The van der Waals surface area contributed by atoms with Gasteiger partial charge in [-0.15, -0.1) is 0 Å². The topological polar surface area (TPSA) is 101 Å². The molecule has 2 aromatic carbocycles. The smallest absolute Gasteiger partial charge is 0.321 e. The van der Waals surface area contributed by atoms with Crippen molar-refractivity contribution >= 4 is 29.4 Å². The first-order valence-corrected chi connectivity index (χ1v) is 6.25. The van der Waals surface area contributed by atoms with E-state index < -0.39 is 12.5 Å². The van der Waals surface area contributed by atoms with Crippen molar-refractivity contribution in [2.75, 3.05) is 0 Å². The second kappa shape index (κ2) is 3.92. The number of fused-ring (bicyclic) bond motifs is 1. The van der Waals surface area contributed by atoms with Crippen molar-refractivity contribution in [2.45, 2.75) is 0 Å². The van der Waals surface area contributed by atoms with Crippen LogP contribution >= 0.6 is 7.60 Å². The summed E-state index contributed by atoms with van der Waals surface area (Å²) < 4.78 is 11.3. The molecule has 0 saturated carbocycles. The fourth-order valence-electron chi connectivity index (χ4n) is 1.68. The molecule has 0 heterocycles. The largest absolute Gasteiger partial charge is 0.356 e. The van der Waals surface area contributed by atoms with Crippen LogP contribution in [0.2, 0.25) is 0 Å². The molecule has 0 atom stereocenters. The number of nitro benzene ring substituents is 1. The van der Waals surface area contributed by atoms with Crippen molar-refractivity contribution in [1.82, 2.24) is 0 Å². The van der Waals surface area contributed by atoms with E-state index in [1.165, 1.54) is 12.1 Å². The number of nitrogens with zero attached hydrogens (tertiary/aromatic N) is 1. The summed E-state index contributed by atoms with van der Waals surface area (Å²) in [5.74, 6) is 0. The second-order valence-electron chi connectivity index (χ2n) is 3.45. The molecule has 2 aromatic rings. The van der Waals surface area contributed by atoms with E-state index in [4.69, 9.17) is 9.79 Å². The number of hydrogen-bond acceptors (Lipinski definition) is 3. The van der Waals surface area contributed by atoms with Gasteiger partial charge < -0.3 is 9.79 Å². The van der Waals surface area contributed by atoms with Crippen molar-refractivity contribution in [3.63, 3.8) is 0 Å². The van der Waals surface area contributed by atoms with Gasteiger partial charge in [-0.25, -0.2) is 0 Å². The van der Waals surface area contributed by atoms with E-state index in [2.05, 4.69) is 0 Å². The summed E-state index contributed by atoms with van der Waals surface area (Å²) >= 11 is 0. The number of hydrogen-bond donors (Lipinski definition) is 2. The standard InChI is InChI=1S/C10H8NO5P/c12-11(13)9-5-6-10(17(14,15)16)8-4-2-1-3-7(8)9/h1-6H,(H2,14,15,16). The molecule has 0 aliphatic heterocycles. The van der Waals surface area contributed by atoms with Crippen LogP contribution in [0.5, 0.6) is 0 Å². The zero-order valence-electron chi connectivity index (χ0n) is 8.48. The first kappa shape index (κ1) is 11.7. The molecule has 17 heavy (non-hydrogen) atoms. The molecule has 0 aliphatic carbocycles. The van der Waals surface area contributed by atoms with Crippen molar-refractivity contribution in [2.24, 2.45) is 0 Å². The molecule has 7 heteroatoms. The predicted octanol–water partition coefficient (Wildman–Crippen LogP) is 1.55. The Morgan fingerprint density at radius 1 is 1.06 bits per heavy atom. The quantitative estimate of drug-likeness (QED) is 0.480. The van der Waals surface area contributed by atoms with Gasteiger partial charge in [0.15, 0.2) is 0 Å². The minimum Gasteiger partial charge on any atom is -0.321 e. The highest BCUT2D eigenvalue weighted by atomic mass is 31.2. The number of nitro groups is 1. The Hall–Kier alpha value is -1.75. The zero-order chi connectivity index (χ0) is 12.6. The SMILES string of the molecule is O=[N+]([O-])c1ccc(P(=O)(O)O)c2ccccc12. The molecule has 0 unspecified atom stereocenters. The molecular weight excluding hydrogens is 245 g/mol. The summed E-state index contributed by atoms with van der Waals surface area (Å²) in [7, 11) is -4.44. The normalized spacial score (nSPS) is 11.6. The fourth-order valence-corrected chi connectivity index (χ4v) is 2.46. The molecule has 0 spiro atoms. The van der Waals surface area contributed by atoms with Crippen LogP contribution < -0.4 is 5.30 Å². The Morgan fingerprint density at radius 2 is 1.65 bits per heavy atom. The monoisotopic (exact) mass is 253 g/mol. The Morgan fingerprint density at radius 3 is 2.18 bits per heavy atom. The van der Waals surface area contributed by atoms with Gasteiger partial charge in [0.05, 0.1) is 15.6 Å². The van der Waals surface area contributed by atoms with Crippen LogP contribution in [-0.2, 0) is 4.57 Å². The molecule has 0 aliphatic rings. The Bertz CT molecular complexity index is 648. The van der Waals surface area contributed by atoms with Gasteiger partial charge in [-0.2, -0.15) is 0 Å². The highest BCUT2D eigenvalue weighted by Crippen LogP contribution is 2.38. The zero-order valence-corrected chi connectivity index (χ0v) is 9.37. The van der Waals surface area contributed by atoms with Crippen molar-refractivity contribution in [3.8, 4) is 0 Å². The molecule has 6 nitrogen and oxygen atoms in total. The third-order valence-corrected chi connectivity index (χ3v) is 3.41. The van der Waals surface area contributed by atoms with Gasteiger partial charge in [-0.05, 0) is 12.1 Å². The number of rotatable bonds is 2. The molecular formula is C10H8NO5P. The summed E-state index contributed by atoms with van der Waals surface area (Å²) in [6.07, 6.45) is 0. The van der Waals surface area contributed by atoms with Crippen LogP contribution in [0, 0.1) is 10.1 Å². The van der Waals surface area contributed by atoms with Gasteiger partial charge in [-0.1, -0.05) is 18.2 Å². The average molecular weight is 253 g/mol. The van der Waals surface area contributed by atoms with Gasteiger partial charge >= 0.3 is 7.60 Å². The molecule has 0 bridgehead atoms. The first-order valence-electron chi connectivity index (χ1n) is 4.63. The van der Waals surface area contributed by atoms with E-state index in [-0.39, 0.29) is 21.8 Å². The summed E-state index contributed by atoms with van der Waals surface area (Å²) in [6.45, 7) is 0. The third kappa shape index (κ3) is 2.06. The molecule has 0 aromatic heterocycles. The van der Waals surface area contributed by atoms with E-state index >= 15 is 0 Å². The average Bonchev–Trinajstić information content (AvgIpc) is 2.26. The Labute approximate surface area is 95.8 Å². The number of non-ortho nitro benzene ring substituents is 1. The molecule has 88 valence electrons. The van der Waals surface area contributed by atoms with Crippen molar-refractivity contribution < 1.29 is 19.3 Å². The van der Waals surface area contributed by atoms with Crippen LogP contribution in [0.3, 0.4) is 0 Å². The Kier molecular flexibility index (Phi) is 2.71. The van der Waals surface area contributed by atoms with Crippen LogP contribution in [0.1, 0.15) is 0 Å². The lowest BCUT2D eigenvalue weighted by molar-refractivity contribution is -0.383. The maximum Gasteiger partial charge on any atom is 0.356 e. The van der Waals surface area contributed by atoms with Gasteiger partial charge in [0, 0.05) is 11.5 Å². The summed E-state index contributed by atoms with van der Waals surface area (Å²) in [4.78, 5) is 28.5. The summed E-state index contributed by atoms with van der Waals surface area (Å²) in [5.41, 5.74) is -0.169. The minimum absolute atomic E-state index is 0.169. The van der Waals surface area contributed by atoms with E-state index in [0.29, 0.717) is 0 Å². The minimum atomic E-state index is -4.44. The van der Waals surface area contributed by atoms with Crippen LogP contribution in [0.15, 0.2) is 36.4 Å². The third-order valence-electron chi connectivity index (χ3n) is 2.39. The maximum atomic E-state index is 11.3. The lowest BCUT2D eigenvalue weighted by Gasteiger charge is -2.08. The van der Waals surface area contributed by atoms with Gasteiger partial charge in [0.1, 0.15) is 0 Å².